The number of Topliss-reactive ketones (excluding diaryl/α,β-unsaturated/α-hetero) is 1. The number of carbonyl (C=O) groups is 2. The van der Waals surface area contributed by atoms with Crippen LogP contribution < -0.4 is 0 Å². The third-order valence-corrected chi connectivity index (χ3v) is 13.4. The molecule has 35 heavy (non-hydrogen) atoms. The molecular formula is C31H48O4. The van der Waals surface area contributed by atoms with E-state index in [9.17, 15) is 14.7 Å². The predicted molar refractivity (Wildman–Crippen MR) is 137 cm³/mol. The molecule has 0 spiro atoms. The minimum absolute atomic E-state index is 0.0473. The van der Waals surface area contributed by atoms with Crippen LogP contribution in [-0.4, -0.2) is 30.1 Å². The fourth-order valence-corrected chi connectivity index (χ4v) is 10.9. The molecule has 1 unspecified atom stereocenters. The summed E-state index contributed by atoms with van der Waals surface area (Å²) in [7, 11) is 1.47. The van der Waals surface area contributed by atoms with Gasteiger partial charge in [0.05, 0.1) is 19.1 Å². The molecule has 0 amide bonds. The Bertz CT molecular complexity index is 965. The lowest BCUT2D eigenvalue weighted by atomic mass is 9.33. The Hall–Kier alpha value is -1.16. The highest BCUT2D eigenvalue weighted by atomic mass is 16.5. The zero-order valence-corrected chi connectivity index (χ0v) is 23.4. The summed E-state index contributed by atoms with van der Waals surface area (Å²) >= 11 is 0. The minimum Gasteiger partial charge on any atom is -0.469 e. The van der Waals surface area contributed by atoms with E-state index >= 15 is 0 Å². The van der Waals surface area contributed by atoms with Crippen molar-refractivity contribution < 1.29 is 19.4 Å². The summed E-state index contributed by atoms with van der Waals surface area (Å²) in [6.45, 7) is 16.5. The molecule has 4 saturated carbocycles. The Morgan fingerprint density at radius 2 is 1.69 bits per heavy atom. The molecule has 0 aromatic carbocycles. The quantitative estimate of drug-likeness (QED) is 0.348. The number of fused-ring (bicyclic) bond motifs is 7. The molecule has 0 bridgehead atoms. The highest BCUT2D eigenvalue weighted by Gasteiger charge is 2.69. The Labute approximate surface area is 212 Å². The first-order chi connectivity index (χ1) is 16.2. The van der Waals surface area contributed by atoms with Crippen molar-refractivity contribution in [3.05, 3.63) is 11.6 Å². The van der Waals surface area contributed by atoms with E-state index < -0.39 is 6.10 Å². The molecule has 4 nitrogen and oxygen atoms in total. The van der Waals surface area contributed by atoms with Gasteiger partial charge in [0.25, 0.3) is 0 Å². The minimum atomic E-state index is -0.484. The van der Waals surface area contributed by atoms with Gasteiger partial charge in [0.15, 0.2) is 0 Å². The van der Waals surface area contributed by atoms with Crippen LogP contribution in [0.15, 0.2) is 11.6 Å². The molecule has 4 fully saturated rings. The normalized spacial score (nSPS) is 52.8. The zero-order chi connectivity index (χ0) is 25.8. The summed E-state index contributed by atoms with van der Waals surface area (Å²) in [6, 6.07) is 0. The van der Waals surface area contributed by atoms with E-state index in [2.05, 4.69) is 54.5 Å². The number of hydrogen-bond donors (Lipinski definition) is 1. The summed E-state index contributed by atoms with van der Waals surface area (Å²) in [4.78, 5) is 25.7. The van der Waals surface area contributed by atoms with Crippen molar-refractivity contribution in [2.75, 3.05) is 7.11 Å². The fraction of sp³-hybridized carbons (Fsp3) is 0.871. The van der Waals surface area contributed by atoms with E-state index in [1.165, 1.54) is 12.7 Å². The van der Waals surface area contributed by atoms with E-state index in [0.29, 0.717) is 30.5 Å². The van der Waals surface area contributed by atoms with E-state index in [4.69, 9.17) is 4.74 Å². The van der Waals surface area contributed by atoms with E-state index in [1.54, 1.807) is 0 Å². The van der Waals surface area contributed by atoms with Gasteiger partial charge in [0, 0.05) is 17.3 Å². The Kier molecular flexibility index (Phi) is 5.59. The Morgan fingerprint density at radius 3 is 2.34 bits per heavy atom. The van der Waals surface area contributed by atoms with Crippen molar-refractivity contribution in [2.45, 2.75) is 106 Å². The number of allylic oxidation sites excluding steroid dienone is 2. The van der Waals surface area contributed by atoms with Gasteiger partial charge in [0.2, 0.25) is 0 Å². The van der Waals surface area contributed by atoms with E-state index in [-0.39, 0.29) is 50.8 Å². The number of carbonyl (C=O) groups excluding carboxylic acids is 2. The van der Waals surface area contributed by atoms with Gasteiger partial charge >= 0.3 is 5.97 Å². The first-order valence-electron chi connectivity index (χ1n) is 14.2. The van der Waals surface area contributed by atoms with Crippen LogP contribution >= 0.6 is 0 Å². The van der Waals surface area contributed by atoms with Gasteiger partial charge in [-0.1, -0.05) is 60.1 Å². The Balaban J connectivity index is 1.59. The maximum atomic E-state index is 12.9. The lowest BCUT2D eigenvalue weighted by molar-refractivity contribution is -0.194. The summed E-state index contributed by atoms with van der Waals surface area (Å²) in [5, 5.41) is 11.4. The third kappa shape index (κ3) is 3.01. The summed E-state index contributed by atoms with van der Waals surface area (Å²) < 4.78 is 5.19. The van der Waals surface area contributed by atoms with Crippen molar-refractivity contribution in [2.24, 2.45) is 56.7 Å². The van der Waals surface area contributed by atoms with Crippen LogP contribution in [0.1, 0.15) is 99.8 Å². The van der Waals surface area contributed by atoms with Gasteiger partial charge in [-0.3, -0.25) is 9.59 Å². The van der Waals surface area contributed by atoms with Crippen LogP contribution in [-0.2, 0) is 14.3 Å². The summed E-state index contributed by atoms with van der Waals surface area (Å²) in [6.07, 6.45) is 9.72. The second kappa shape index (κ2) is 7.68. The maximum Gasteiger partial charge on any atom is 0.309 e. The number of methoxy groups -OCH3 is 1. The first kappa shape index (κ1) is 25.5. The van der Waals surface area contributed by atoms with Gasteiger partial charge in [0.1, 0.15) is 5.78 Å². The molecule has 5 aliphatic rings. The van der Waals surface area contributed by atoms with Crippen molar-refractivity contribution in [3.8, 4) is 0 Å². The molecule has 0 radical (unpaired) electrons. The molecule has 10 atom stereocenters. The molecule has 5 aliphatic carbocycles. The van der Waals surface area contributed by atoms with Crippen molar-refractivity contribution >= 4 is 11.8 Å². The second-order valence-corrected chi connectivity index (χ2v) is 14.7. The van der Waals surface area contributed by atoms with Gasteiger partial charge in [-0.05, 0) is 84.9 Å². The van der Waals surface area contributed by atoms with Gasteiger partial charge in [-0.15, -0.1) is 0 Å². The van der Waals surface area contributed by atoms with E-state index in [1.807, 2.05) is 0 Å². The lowest BCUT2D eigenvalue weighted by Crippen LogP contribution is -2.65. The van der Waals surface area contributed by atoms with Crippen molar-refractivity contribution in [3.63, 3.8) is 0 Å². The zero-order valence-electron chi connectivity index (χ0n) is 23.4. The van der Waals surface area contributed by atoms with Crippen LogP contribution in [0.4, 0.5) is 0 Å². The smallest absolute Gasteiger partial charge is 0.309 e. The molecule has 0 aromatic heterocycles. The highest BCUT2D eigenvalue weighted by Crippen LogP contribution is 2.75. The number of ether oxygens (including phenoxy) is 1. The molecule has 5 rings (SSSR count). The highest BCUT2D eigenvalue weighted by molar-refractivity contribution is 5.85. The second-order valence-electron chi connectivity index (χ2n) is 14.7. The number of aliphatic hydroxyl groups is 1. The maximum absolute atomic E-state index is 12.9. The molecular weight excluding hydrogens is 436 g/mol. The lowest BCUT2D eigenvalue weighted by Gasteiger charge is -2.71. The molecule has 4 heteroatoms. The fourth-order valence-electron chi connectivity index (χ4n) is 10.9. The first-order valence-corrected chi connectivity index (χ1v) is 14.2. The van der Waals surface area contributed by atoms with Crippen molar-refractivity contribution in [1.29, 1.82) is 0 Å². The standard InChI is InChI=1S/C31H48O4/c1-18-19(26(34)35-8)17-24(33)29(5)15-16-30(6)20(25(18)29)9-10-22-28(4)13-12-23(32)27(2,3)21(28)11-14-31(22,30)7/h9,18-19,21-22,24-25,33H,10-17H2,1-8H3/t18-,19+,21?,22+,24-,25+,28-,29-,30+,31+/m0/s1. The number of esters is 1. The average molecular weight is 485 g/mol. The third-order valence-electron chi connectivity index (χ3n) is 13.4. The number of rotatable bonds is 1. The molecule has 0 saturated heterocycles. The molecule has 1 N–H and O–H groups in total. The summed E-state index contributed by atoms with van der Waals surface area (Å²) in [5.74, 6) is 1.38. The SMILES string of the molecule is COC(=O)[C@@H]1C[C@H](O)[C@]2(C)CC[C@]3(C)C(=CC[C@@H]4[C@@]5(C)CCC(=O)C(C)(C)C5CC[C@]43C)[C@H]2[C@H]1C. The van der Waals surface area contributed by atoms with Crippen LogP contribution in [0.3, 0.4) is 0 Å². The predicted octanol–water partition coefficient (Wildman–Crippen LogP) is 6.36. The van der Waals surface area contributed by atoms with Crippen LogP contribution in [0.5, 0.6) is 0 Å². The monoisotopic (exact) mass is 484 g/mol. The topological polar surface area (TPSA) is 63.6 Å². The number of aliphatic hydroxyl groups excluding tert-OH is 1. The van der Waals surface area contributed by atoms with Crippen LogP contribution in [0.25, 0.3) is 0 Å². The molecule has 0 aliphatic heterocycles. The van der Waals surface area contributed by atoms with Gasteiger partial charge in [-0.2, -0.15) is 0 Å². The molecule has 0 heterocycles. The van der Waals surface area contributed by atoms with Gasteiger partial charge in [-0.25, -0.2) is 0 Å². The van der Waals surface area contributed by atoms with Crippen LogP contribution in [0.2, 0.25) is 0 Å². The van der Waals surface area contributed by atoms with Crippen LogP contribution in [0, 0.1) is 56.7 Å². The molecule has 196 valence electrons. The largest absolute Gasteiger partial charge is 0.469 e. The Morgan fingerprint density at radius 1 is 1.00 bits per heavy atom. The number of hydrogen-bond acceptors (Lipinski definition) is 4. The van der Waals surface area contributed by atoms with Gasteiger partial charge < -0.3 is 9.84 Å². The number of ketones is 1. The summed E-state index contributed by atoms with van der Waals surface area (Å²) in [5.41, 5.74) is 1.45. The van der Waals surface area contributed by atoms with Crippen molar-refractivity contribution in [1.82, 2.24) is 0 Å². The van der Waals surface area contributed by atoms with E-state index in [0.717, 1.165) is 38.5 Å². The molecule has 0 aromatic rings. The average Bonchev–Trinajstić information content (AvgIpc) is 2.79.